The fraction of sp³-hybridized carbons (Fsp3) is 0.231. The van der Waals surface area contributed by atoms with Crippen molar-refractivity contribution in [3.05, 3.63) is 18.2 Å². The van der Waals surface area contributed by atoms with Gasteiger partial charge in [-0.05, 0) is 25.1 Å². The summed E-state index contributed by atoms with van der Waals surface area (Å²) in [5.74, 6) is 0.639. The number of ether oxygens (including phenoxy) is 1. The molecule has 2 heterocycles. The van der Waals surface area contributed by atoms with Crippen LogP contribution in [0.25, 0.3) is 11.3 Å². The molecule has 0 unspecified atom stereocenters. The highest BCUT2D eigenvalue weighted by atomic mass is 32.1. The van der Waals surface area contributed by atoms with Crippen LogP contribution in [0, 0.1) is 0 Å². The number of hydrogen-bond acceptors (Lipinski definition) is 6. The number of aromatic nitrogens is 1. The number of carbonyl (C=O) groups is 1. The van der Waals surface area contributed by atoms with E-state index in [1.807, 2.05) is 25.1 Å². The summed E-state index contributed by atoms with van der Waals surface area (Å²) < 4.78 is 5.43. The van der Waals surface area contributed by atoms with E-state index in [-0.39, 0.29) is 12.5 Å². The largest absolute Gasteiger partial charge is 0.482 e. The lowest BCUT2D eigenvalue weighted by Crippen LogP contribution is -2.38. The van der Waals surface area contributed by atoms with E-state index in [0.29, 0.717) is 28.1 Å². The van der Waals surface area contributed by atoms with Gasteiger partial charge in [-0.15, -0.1) is 0 Å². The Morgan fingerprint density at radius 2 is 2.25 bits per heavy atom. The van der Waals surface area contributed by atoms with Crippen LogP contribution < -0.4 is 21.1 Å². The van der Waals surface area contributed by atoms with Crippen molar-refractivity contribution in [2.24, 2.45) is 0 Å². The topological polar surface area (TPSA) is 94.5 Å². The average Bonchev–Trinajstić information content (AvgIpc) is 2.77. The Morgan fingerprint density at radius 3 is 2.90 bits per heavy atom. The molecule has 1 aliphatic heterocycles. The van der Waals surface area contributed by atoms with Gasteiger partial charge in [0, 0.05) is 12.1 Å². The normalized spacial score (nSPS) is 14.1. The molecule has 0 atom stereocenters. The fourth-order valence-corrected chi connectivity index (χ4v) is 2.87. The number of anilines is 3. The number of nitrogen functional groups attached to an aromatic ring is 2. The van der Waals surface area contributed by atoms with Crippen LogP contribution in [0.5, 0.6) is 5.75 Å². The first kappa shape index (κ1) is 12.7. The number of fused-ring (bicyclic) bond motifs is 1. The summed E-state index contributed by atoms with van der Waals surface area (Å²) in [5, 5.41) is 0.989. The molecule has 1 amide bonds. The molecule has 0 radical (unpaired) electrons. The third-order valence-corrected chi connectivity index (χ3v) is 3.88. The smallest absolute Gasteiger partial charge is 0.265 e. The van der Waals surface area contributed by atoms with Crippen molar-refractivity contribution in [2.45, 2.75) is 6.92 Å². The highest BCUT2D eigenvalue weighted by Gasteiger charge is 2.25. The monoisotopic (exact) mass is 290 g/mol. The van der Waals surface area contributed by atoms with Gasteiger partial charge in [0.1, 0.15) is 16.4 Å². The molecule has 4 N–H and O–H groups in total. The minimum atomic E-state index is -0.0529. The molecule has 1 aromatic carbocycles. The molecule has 0 saturated heterocycles. The minimum Gasteiger partial charge on any atom is -0.482 e. The number of nitrogens with two attached hydrogens (primary N) is 2. The van der Waals surface area contributed by atoms with Crippen LogP contribution >= 0.6 is 11.3 Å². The van der Waals surface area contributed by atoms with Crippen LogP contribution in [0.2, 0.25) is 0 Å². The molecule has 1 aliphatic rings. The van der Waals surface area contributed by atoms with Crippen molar-refractivity contribution in [1.29, 1.82) is 0 Å². The zero-order valence-electron chi connectivity index (χ0n) is 10.9. The van der Waals surface area contributed by atoms with Crippen molar-refractivity contribution in [2.75, 3.05) is 29.5 Å². The molecule has 0 saturated carbocycles. The lowest BCUT2D eigenvalue weighted by atomic mass is 10.1. The molecular formula is C13H14N4O2S. The fourth-order valence-electron chi connectivity index (χ4n) is 2.25. The van der Waals surface area contributed by atoms with E-state index in [2.05, 4.69) is 4.98 Å². The maximum Gasteiger partial charge on any atom is 0.265 e. The van der Waals surface area contributed by atoms with Gasteiger partial charge >= 0.3 is 0 Å². The molecule has 0 aliphatic carbocycles. The van der Waals surface area contributed by atoms with Crippen LogP contribution in [-0.4, -0.2) is 24.0 Å². The van der Waals surface area contributed by atoms with Gasteiger partial charge in [-0.2, -0.15) is 0 Å². The molecule has 104 valence electrons. The van der Waals surface area contributed by atoms with E-state index in [0.717, 1.165) is 11.3 Å². The van der Waals surface area contributed by atoms with Gasteiger partial charge in [-0.3, -0.25) is 4.79 Å². The van der Waals surface area contributed by atoms with Crippen molar-refractivity contribution in [3.63, 3.8) is 0 Å². The maximum absolute atomic E-state index is 11.8. The average molecular weight is 290 g/mol. The number of benzene rings is 1. The number of thiazole rings is 1. The molecule has 6 nitrogen and oxygen atoms in total. The van der Waals surface area contributed by atoms with Crippen LogP contribution in [0.4, 0.5) is 15.8 Å². The second-order valence-corrected chi connectivity index (χ2v) is 5.44. The van der Waals surface area contributed by atoms with Gasteiger partial charge in [0.25, 0.3) is 5.91 Å². The Labute approximate surface area is 120 Å². The highest BCUT2D eigenvalue weighted by molar-refractivity contribution is 7.19. The number of hydrogen-bond donors (Lipinski definition) is 2. The maximum atomic E-state index is 11.8. The Kier molecular flexibility index (Phi) is 2.98. The molecule has 2 aromatic rings. The lowest BCUT2D eigenvalue weighted by molar-refractivity contribution is -0.121. The molecule has 1 aromatic heterocycles. The second kappa shape index (κ2) is 4.68. The quantitative estimate of drug-likeness (QED) is 0.878. The molecule has 0 fully saturated rings. The van der Waals surface area contributed by atoms with Gasteiger partial charge in [0.05, 0.1) is 5.69 Å². The first-order valence-corrected chi connectivity index (χ1v) is 7.01. The number of likely N-dealkylation sites (N-methyl/N-ethyl adjacent to an activating group) is 1. The minimum absolute atomic E-state index is 0.0529. The summed E-state index contributed by atoms with van der Waals surface area (Å²) in [6, 6.07) is 5.56. The standard InChI is InChI=1S/C13H14N4O2S/c1-2-17-8-5-7(11-12(14)20-13(15)16-11)3-4-9(8)19-6-10(17)18/h3-5H,2,6,14H2,1H3,(H2,15,16). The predicted molar refractivity (Wildman–Crippen MR) is 79.9 cm³/mol. The summed E-state index contributed by atoms with van der Waals surface area (Å²) in [6.07, 6.45) is 0. The number of carbonyl (C=O) groups excluding carboxylic acids is 1. The number of nitrogens with zero attached hydrogens (tertiary/aromatic N) is 2. The van der Waals surface area contributed by atoms with E-state index in [4.69, 9.17) is 16.2 Å². The van der Waals surface area contributed by atoms with Crippen molar-refractivity contribution >= 4 is 33.1 Å². The Balaban J connectivity index is 2.10. The van der Waals surface area contributed by atoms with E-state index in [1.54, 1.807) is 4.90 Å². The van der Waals surface area contributed by atoms with Crippen LogP contribution in [0.1, 0.15) is 6.92 Å². The van der Waals surface area contributed by atoms with E-state index in [9.17, 15) is 4.79 Å². The number of rotatable bonds is 2. The van der Waals surface area contributed by atoms with Crippen molar-refractivity contribution in [3.8, 4) is 17.0 Å². The van der Waals surface area contributed by atoms with E-state index >= 15 is 0 Å². The van der Waals surface area contributed by atoms with E-state index in [1.165, 1.54) is 11.3 Å². The van der Waals surface area contributed by atoms with Crippen LogP contribution in [0.3, 0.4) is 0 Å². The van der Waals surface area contributed by atoms with Crippen molar-refractivity contribution in [1.82, 2.24) is 4.98 Å². The predicted octanol–water partition coefficient (Wildman–Crippen LogP) is 1.72. The van der Waals surface area contributed by atoms with Gasteiger partial charge in [-0.25, -0.2) is 4.98 Å². The first-order valence-electron chi connectivity index (χ1n) is 6.19. The van der Waals surface area contributed by atoms with Gasteiger partial charge < -0.3 is 21.1 Å². The molecule has 20 heavy (non-hydrogen) atoms. The van der Waals surface area contributed by atoms with E-state index < -0.39 is 0 Å². The summed E-state index contributed by atoms with van der Waals surface area (Å²) in [4.78, 5) is 17.8. The zero-order chi connectivity index (χ0) is 14.3. The van der Waals surface area contributed by atoms with Crippen LogP contribution in [0.15, 0.2) is 18.2 Å². The summed E-state index contributed by atoms with van der Waals surface area (Å²) in [5.41, 5.74) is 13.8. The summed E-state index contributed by atoms with van der Waals surface area (Å²) >= 11 is 1.24. The molecule has 7 heteroatoms. The summed E-state index contributed by atoms with van der Waals surface area (Å²) in [7, 11) is 0. The van der Waals surface area contributed by atoms with Crippen LogP contribution in [-0.2, 0) is 4.79 Å². The SMILES string of the molecule is CCN1C(=O)COc2ccc(-c3nc(N)sc3N)cc21. The Hall–Kier alpha value is -2.28. The highest BCUT2D eigenvalue weighted by Crippen LogP contribution is 2.38. The zero-order valence-corrected chi connectivity index (χ0v) is 11.7. The Morgan fingerprint density at radius 1 is 1.45 bits per heavy atom. The molecular weight excluding hydrogens is 276 g/mol. The Bertz CT molecular complexity index is 683. The van der Waals surface area contributed by atoms with Crippen molar-refractivity contribution < 1.29 is 9.53 Å². The summed E-state index contributed by atoms with van der Waals surface area (Å²) in [6.45, 7) is 2.59. The third kappa shape index (κ3) is 1.96. The first-order chi connectivity index (χ1) is 9.60. The molecule has 0 bridgehead atoms. The molecule has 3 rings (SSSR count). The van der Waals surface area contributed by atoms with Gasteiger partial charge in [0.15, 0.2) is 11.7 Å². The third-order valence-electron chi connectivity index (χ3n) is 3.16. The second-order valence-electron chi connectivity index (χ2n) is 4.37. The molecule has 0 spiro atoms. The van der Waals surface area contributed by atoms with Gasteiger partial charge in [0.2, 0.25) is 0 Å². The van der Waals surface area contributed by atoms with Gasteiger partial charge in [-0.1, -0.05) is 11.3 Å². The lowest BCUT2D eigenvalue weighted by Gasteiger charge is -2.28. The number of amides is 1.